The van der Waals surface area contributed by atoms with Gasteiger partial charge in [-0.05, 0) is 31.5 Å². The molecule has 3 rings (SSSR count). The van der Waals surface area contributed by atoms with Crippen LogP contribution < -0.4 is 0 Å². The number of hydrogen-bond acceptors (Lipinski definition) is 3. The summed E-state index contributed by atoms with van der Waals surface area (Å²) in [5, 5.41) is 4.52. The van der Waals surface area contributed by atoms with Gasteiger partial charge in [0.2, 0.25) is 0 Å². The van der Waals surface area contributed by atoms with Crippen LogP contribution in [-0.4, -0.2) is 19.7 Å². The summed E-state index contributed by atoms with van der Waals surface area (Å²) in [7, 11) is 0. The lowest BCUT2D eigenvalue weighted by Crippen LogP contribution is -2.23. The summed E-state index contributed by atoms with van der Waals surface area (Å²) in [5.41, 5.74) is 4.00. The summed E-state index contributed by atoms with van der Waals surface area (Å²) in [6, 6.07) is 10.9. The quantitative estimate of drug-likeness (QED) is 0.654. The van der Waals surface area contributed by atoms with Crippen LogP contribution in [0.4, 0.5) is 4.39 Å². The Morgan fingerprint density at radius 2 is 1.84 bits per heavy atom. The first kappa shape index (κ1) is 17.3. The monoisotopic (exact) mass is 338 g/mol. The molecule has 0 unspecified atom stereocenters. The van der Waals surface area contributed by atoms with Gasteiger partial charge in [-0.15, -0.1) is 0 Å². The predicted molar refractivity (Wildman–Crippen MR) is 96.2 cm³/mol. The number of nitrogens with zero attached hydrogens (tertiary/aromatic N) is 4. The summed E-state index contributed by atoms with van der Waals surface area (Å²) in [5.74, 6) is -0.167. The number of hydrogen-bond donors (Lipinski definition) is 0. The number of pyridine rings is 1. The molecule has 0 N–H and O–H groups in total. The van der Waals surface area contributed by atoms with Gasteiger partial charge >= 0.3 is 0 Å². The molecule has 0 amide bonds. The Labute approximate surface area is 147 Å². The molecule has 2 heterocycles. The summed E-state index contributed by atoms with van der Waals surface area (Å²) in [4.78, 5) is 6.41. The third-order valence-electron chi connectivity index (χ3n) is 4.25. The van der Waals surface area contributed by atoms with Crippen LogP contribution in [-0.2, 0) is 26.2 Å². The highest BCUT2D eigenvalue weighted by Gasteiger charge is 2.14. The first-order chi connectivity index (χ1) is 12.2. The van der Waals surface area contributed by atoms with Gasteiger partial charge in [-0.3, -0.25) is 14.6 Å². The Hall–Kier alpha value is -2.53. The van der Waals surface area contributed by atoms with Crippen LogP contribution in [0.2, 0.25) is 0 Å². The SMILES string of the molecule is CCn1cc(CN(Cc2cccnc2)Cc2ccccc2F)c(C)n1. The van der Waals surface area contributed by atoms with Crippen LogP contribution in [0.1, 0.15) is 29.3 Å². The molecular weight excluding hydrogens is 315 g/mol. The van der Waals surface area contributed by atoms with Crippen molar-refractivity contribution in [3.63, 3.8) is 0 Å². The lowest BCUT2D eigenvalue weighted by Gasteiger charge is -2.22. The highest BCUT2D eigenvalue weighted by molar-refractivity contribution is 5.20. The summed E-state index contributed by atoms with van der Waals surface area (Å²) in [6.07, 6.45) is 5.70. The van der Waals surface area contributed by atoms with Crippen LogP contribution in [0.5, 0.6) is 0 Å². The molecule has 25 heavy (non-hydrogen) atoms. The maximum absolute atomic E-state index is 14.1. The summed E-state index contributed by atoms with van der Waals surface area (Å²) < 4.78 is 16.1. The van der Waals surface area contributed by atoms with Crippen LogP contribution in [0.25, 0.3) is 0 Å². The molecule has 0 bridgehead atoms. The fourth-order valence-corrected chi connectivity index (χ4v) is 2.90. The zero-order valence-electron chi connectivity index (χ0n) is 14.7. The van der Waals surface area contributed by atoms with Crippen molar-refractivity contribution in [1.82, 2.24) is 19.7 Å². The molecule has 0 saturated carbocycles. The van der Waals surface area contributed by atoms with Crippen LogP contribution >= 0.6 is 0 Å². The normalized spacial score (nSPS) is 11.2. The third-order valence-corrected chi connectivity index (χ3v) is 4.25. The van der Waals surface area contributed by atoms with Gasteiger partial charge in [0.05, 0.1) is 5.69 Å². The topological polar surface area (TPSA) is 34.0 Å². The summed E-state index contributed by atoms with van der Waals surface area (Å²) >= 11 is 0. The third kappa shape index (κ3) is 4.51. The van der Waals surface area contributed by atoms with Crippen LogP contribution in [0.15, 0.2) is 55.0 Å². The highest BCUT2D eigenvalue weighted by atomic mass is 19.1. The van der Waals surface area contributed by atoms with E-state index < -0.39 is 0 Å². The lowest BCUT2D eigenvalue weighted by molar-refractivity contribution is 0.243. The minimum atomic E-state index is -0.167. The van der Waals surface area contributed by atoms with Crippen molar-refractivity contribution in [2.24, 2.45) is 0 Å². The fraction of sp³-hybridized carbons (Fsp3) is 0.300. The zero-order valence-corrected chi connectivity index (χ0v) is 14.7. The van der Waals surface area contributed by atoms with Gasteiger partial charge in [-0.1, -0.05) is 24.3 Å². The van der Waals surface area contributed by atoms with Gasteiger partial charge in [0, 0.05) is 55.9 Å². The molecule has 130 valence electrons. The van der Waals surface area contributed by atoms with Crippen molar-refractivity contribution >= 4 is 0 Å². The summed E-state index contributed by atoms with van der Waals surface area (Å²) in [6.45, 7) is 6.90. The van der Waals surface area contributed by atoms with E-state index >= 15 is 0 Å². The average Bonchev–Trinajstić information content (AvgIpc) is 2.98. The first-order valence-corrected chi connectivity index (χ1v) is 8.53. The van der Waals surface area contributed by atoms with Crippen LogP contribution in [0.3, 0.4) is 0 Å². The lowest BCUT2D eigenvalue weighted by atomic mass is 10.1. The maximum atomic E-state index is 14.1. The highest BCUT2D eigenvalue weighted by Crippen LogP contribution is 2.17. The Morgan fingerprint density at radius 1 is 1.04 bits per heavy atom. The van der Waals surface area contributed by atoms with E-state index in [0.29, 0.717) is 18.7 Å². The molecule has 0 atom stereocenters. The second-order valence-electron chi connectivity index (χ2n) is 6.19. The van der Waals surface area contributed by atoms with Gasteiger partial charge in [0.1, 0.15) is 5.82 Å². The molecule has 2 aromatic heterocycles. The zero-order chi connectivity index (χ0) is 17.6. The molecule has 0 radical (unpaired) electrons. The average molecular weight is 338 g/mol. The minimum absolute atomic E-state index is 0.167. The molecule has 0 aliphatic rings. The standard InChI is InChI=1S/C20H23FN4/c1-3-25-15-19(16(2)23-25)14-24(12-17-7-6-10-22-11-17)13-18-8-4-5-9-20(18)21/h4-11,15H,3,12-14H2,1-2H3. The van der Waals surface area contributed by atoms with Gasteiger partial charge < -0.3 is 0 Å². The molecule has 5 heteroatoms. The molecule has 0 spiro atoms. The van der Waals surface area contributed by atoms with Crippen molar-refractivity contribution in [2.75, 3.05) is 0 Å². The van der Waals surface area contributed by atoms with Crippen molar-refractivity contribution in [3.8, 4) is 0 Å². The van der Waals surface area contributed by atoms with E-state index in [0.717, 1.165) is 24.3 Å². The van der Waals surface area contributed by atoms with E-state index in [1.807, 2.05) is 42.1 Å². The second kappa shape index (κ2) is 8.03. The van der Waals surface area contributed by atoms with Gasteiger partial charge in [0.15, 0.2) is 0 Å². The fourth-order valence-electron chi connectivity index (χ4n) is 2.90. The van der Waals surface area contributed by atoms with E-state index in [-0.39, 0.29) is 5.82 Å². The van der Waals surface area contributed by atoms with Crippen molar-refractivity contribution in [1.29, 1.82) is 0 Å². The van der Waals surface area contributed by atoms with Crippen molar-refractivity contribution < 1.29 is 4.39 Å². The van der Waals surface area contributed by atoms with Gasteiger partial charge in [-0.25, -0.2) is 4.39 Å². The minimum Gasteiger partial charge on any atom is -0.290 e. The molecule has 0 fully saturated rings. The number of benzene rings is 1. The van der Waals surface area contributed by atoms with E-state index in [9.17, 15) is 4.39 Å². The first-order valence-electron chi connectivity index (χ1n) is 8.53. The van der Waals surface area contributed by atoms with Crippen LogP contribution in [0, 0.1) is 12.7 Å². The number of rotatable bonds is 7. The Balaban J connectivity index is 1.83. The Bertz CT molecular complexity index is 814. The Kier molecular flexibility index (Phi) is 5.56. The van der Waals surface area contributed by atoms with Crippen molar-refractivity contribution in [3.05, 3.63) is 83.2 Å². The smallest absolute Gasteiger partial charge is 0.127 e. The van der Waals surface area contributed by atoms with Gasteiger partial charge in [-0.2, -0.15) is 5.10 Å². The molecule has 4 nitrogen and oxygen atoms in total. The number of aromatic nitrogens is 3. The largest absolute Gasteiger partial charge is 0.290 e. The molecule has 1 aromatic carbocycles. The van der Waals surface area contributed by atoms with E-state index in [1.54, 1.807) is 12.3 Å². The van der Waals surface area contributed by atoms with E-state index in [1.165, 1.54) is 11.6 Å². The van der Waals surface area contributed by atoms with E-state index in [2.05, 4.69) is 28.1 Å². The molecular formula is C20H23FN4. The second-order valence-corrected chi connectivity index (χ2v) is 6.19. The predicted octanol–water partition coefficient (Wildman–Crippen LogP) is 3.95. The van der Waals surface area contributed by atoms with Crippen molar-refractivity contribution in [2.45, 2.75) is 40.0 Å². The molecule has 0 aliphatic heterocycles. The molecule has 0 saturated heterocycles. The van der Waals surface area contributed by atoms with Gasteiger partial charge in [0.25, 0.3) is 0 Å². The molecule has 0 aliphatic carbocycles. The number of aryl methyl sites for hydroxylation is 2. The maximum Gasteiger partial charge on any atom is 0.127 e. The Morgan fingerprint density at radius 3 is 2.52 bits per heavy atom. The van der Waals surface area contributed by atoms with E-state index in [4.69, 9.17) is 0 Å². The number of halogens is 1. The molecule has 3 aromatic rings.